The average molecular weight is 317 g/mol. The number of benzene rings is 1. The molecule has 0 aliphatic heterocycles. The molecule has 0 unspecified atom stereocenters. The lowest BCUT2D eigenvalue weighted by Gasteiger charge is -2.23. The molecular formula is C16H22F3NO2. The highest BCUT2D eigenvalue weighted by atomic mass is 19.4. The topological polar surface area (TPSA) is 63.3 Å². The molecule has 0 spiro atoms. The van der Waals surface area contributed by atoms with Gasteiger partial charge in [-0.3, -0.25) is 4.79 Å². The van der Waals surface area contributed by atoms with E-state index in [1.165, 1.54) is 13.0 Å². The summed E-state index contributed by atoms with van der Waals surface area (Å²) in [4.78, 5) is 11.0. The summed E-state index contributed by atoms with van der Waals surface area (Å²) < 4.78 is 37.8. The summed E-state index contributed by atoms with van der Waals surface area (Å²) in [5.74, 6) is -0.950. The second-order valence-corrected chi connectivity index (χ2v) is 6.12. The minimum atomic E-state index is -4.33. The van der Waals surface area contributed by atoms with Crippen LogP contribution in [-0.2, 0) is 17.4 Å². The van der Waals surface area contributed by atoms with Crippen LogP contribution >= 0.6 is 0 Å². The molecule has 6 heteroatoms. The predicted octanol–water partition coefficient (Wildman–Crippen LogP) is 3.86. The van der Waals surface area contributed by atoms with Crippen LogP contribution in [0.4, 0.5) is 13.2 Å². The molecule has 1 rings (SSSR count). The number of carbonyl (C=O) groups is 1. The number of rotatable bonds is 7. The zero-order valence-corrected chi connectivity index (χ0v) is 12.8. The van der Waals surface area contributed by atoms with Crippen LogP contribution in [0.15, 0.2) is 24.3 Å². The molecule has 0 aromatic heterocycles. The summed E-state index contributed by atoms with van der Waals surface area (Å²) >= 11 is 0. The molecular weight excluding hydrogens is 295 g/mol. The fourth-order valence-electron chi connectivity index (χ4n) is 2.47. The van der Waals surface area contributed by atoms with Gasteiger partial charge in [-0.15, -0.1) is 0 Å². The van der Waals surface area contributed by atoms with Crippen LogP contribution in [-0.4, -0.2) is 16.6 Å². The zero-order chi connectivity index (χ0) is 17.0. The predicted molar refractivity (Wildman–Crippen MR) is 78.4 cm³/mol. The van der Waals surface area contributed by atoms with E-state index < -0.39 is 23.2 Å². The van der Waals surface area contributed by atoms with E-state index in [1.807, 2.05) is 6.92 Å². The average Bonchev–Trinajstić information content (AvgIpc) is 2.37. The maximum atomic E-state index is 12.6. The molecule has 0 bridgehead atoms. The number of carboxylic acids is 1. The summed E-state index contributed by atoms with van der Waals surface area (Å²) in [5, 5.41) is 8.97. The number of aryl methyl sites for hydroxylation is 1. The van der Waals surface area contributed by atoms with Crippen LogP contribution in [0.25, 0.3) is 0 Å². The van der Waals surface area contributed by atoms with Crippen LogP contribution in [0.1, 0.15) is 44.2 Å². The first-order chi connectivity index (χ1) is 10.0. The lowest BCUT2D eigenvalue weighted by atomic mass is 9.87. The summed E-state index contributed by atoms with van der Waals surface area (Å²) in [6.07, 6.45) is -2.05. The zero-order valence-electron chi connectivity index (χ0n) is 12.8. The Morgan fingerprint density at radius 3 is 2.55 bits per heavy atom. The van der Waals surface area contributed by atoms with E-state index in [9.17, 15) is 18.0 Å². The van der Waals surface area contributed by atoms with Gasteiger partial charge in [0, 0.05) is 0 Å². The largest absolute Gasteiger partial charge is 0.480 e. The van der Waals surface area contributed by atoms with Crippen molar-refractivity contribution in [3.63, 3.8) is 0 Å². The molecule has 22 heavy (non-hydrogen) atoms. The minimum absolute atomic E-state index is 0.0944. The van der Waals surface area contributed by atoms with Crippen molar-refractivity contribution in [1.82, 2.24) is 0 Å². The first kappa shape index (κ1) is 18.5. The molecule has 124 valence electrons. The maximum absolute atomic E-state index is 12.6. The SMILES string of the molecule is C[C@H](CCCc1cccc(C(F)(F)F)c1)C[C@@](C)(N)C(=O)O. The standard InChI is InChI=1S/C16H22F3NO2/c1-11(10-15(2,20)14(21)22)5-3-6-12-7-4-8-13(9-12)16(17,18)19/h4,7-9,11H,3,5-6,10,20H2,1-2H3,(H,21,22)/t11-,15-/m1/s1. The number of hydrogen-bond donors (Lipinski definition) is 2. The van der Waals surface area contributed by atoms with Crippen LogP contribution in [0.5, 0.6) is 0 Å². The molecule has 1 aromatic carbocycles. The van der Waals surface area contributed by atoms with Gasteiger partial charge in [0.1, 0.15) is 5.54 Å². The van der Waals surface area contributed by atoms with Crippen molar-refractivity contribution < 1.29 is 23.1 Å². The highest BCUT2D eigenvalue weighted by Gasteiger charge is 2.31. The Morgan fingerprint density at radius 1 is 1.36 bits per heavy atom. The smallest absolute Gasteiger partial charge is 0.416 e. The van der Waals surface area contributed by atoms with Crippen LogP contribution in [0, 0.1) is 5.92 Å². The number of carboxylic acid groups (broad SMARTS) is 1. The van der Waals surface area contributed by atoms with Crippen molar-refractivity contribution in [3.05, 3.63) is 35.4 Å². The third kappa shape index (κ3) is 5.67. The Morgan fingerprint density at radius 2 is 2.00 bits per heavy atom. The number of halogens is 3. The van der Waals surface area contributed by atoms with Gasteiger partial charge in [-0.25, -0.2) is 0 Å². The van der Waals surface area contributed by atoms with Crippen molar-refractivity contribution >= 4 is 5.97 Å². The van der Waals surface area contributed by atoms with Gasteiger partial charge in [-0.05, 0) is 43.7 Å². The first-order valence-corrected chi connectivity index (χ1v) is 7.21. The van der Waals surface area contributed by atoms with E-state index in [4.69, 9.17) is 10.8 Å². The molecule has 0 radical (unpaired) electrons. The molecule has 2 atom stereocenters. The molecule has 1 aromatic rings. The van der Waals surface area contributed by atoms with Crippen molar-refractivity contribution in [2.75, 3.05) is 0 Å². The van der Waals surface area contributed by atoms with E-state index in [1.54, 1.807) is 6.07 Å². The van der Waals surface area contributed by atoms with Gasteiger partial charge in [0.05, 0.1) is 5.56 Å². The van der Waals surface area contributed by atoms with Gasteiger partial charge in [0.2, 0.25) is 0 Å². The lowest BCUT2D eigenvalue weighted by molar-refractivity contribution is -0.143. The van der Waals surface area contributed by atoms with Crippen molar-refractivity contribution in [2.24, 2.45) is 11.7 Å². The van der Waals surface area contributed by atoms with Crippen molar-refractivity contribution in [2.45, 2.75) is 51.2 Å². The molecule has 3 N–H and O–H groups in total. The second-order valence-electron chi connectivity index (χ2n) is 6.12. The van der Waals surface area contributed by atoms with E-state index in [0.29, 0.717) is 24.8 Å². The van der Waals surface area contributed by atoms with Gasteiger partial charge in [0.25, 0.3) is 0 Å². The van der Waals surface area contributed by atoms with Gasteiger partial charge >= 0.3 is 12.1 Å². The molecule has 0 fully saturated rings. The third-order valence-electron chi connectivity index (χ3n) is 3.68. The molecule has 0 amide bonds. The summed E-state index contributed by atoms with van der Waals surface area (Å²) in [7, 11) is 0. The Labute approximate surface area is 128 Å². The summed E-state index contributed by atoms with van der Waals surface area (Å²) in [6, 6.07) is 5.29. The fourth-order valence-corrected chi connectivity index (χ4v) is 2.47. The van der Waals surface area contributed by atoms with E-state index in [2.05, 4.69) is 0 Å². The van der Waals surface area contributed by atoms with Crippen molar-refractivity contribution in [1.29, 1.82) is 0 Å². The van der Waals surface area contributed by atoms with Gasteiger partial charge < -0.3 is 10.8 Å². The van der Waals surface area contributed by atoms with Crippen LogP contribution in [0.2, 0.25) is 0 Å². The number of hydrogen-bond acceptors (Lipinski definition) is 2. The molecule has 0 aliphatic rings. The quantitative estimate of drug-likeness (QED) is 0.803. The third-order valence-corrected chi connectivity index (χ3v) is 3.68. The minimum Gasteiger partial charge on any atom is -0.480 e. The highest BCUT2D eigenvalue weighted by Crippen LogP contribution is 2.30. The number of alkyl halides is 3. The molecule has 0 heterocycles. The second kappa shape index (κ2) is 7.13. The van der Waals surface area contributed by atoms with Gasteiger partial charge in [0.15, 0.2) is 0 Å². The van der Waals surface area contributed by atoms with Gasteiger partial charge in [-0.1, -0.05) is 31.5 Å². The maximum Gasteiger partial charge on any atom is 0.416 e. The molecule has 0 saturated heterocycles. The summed E-state index contributed by atoms with van der Waals surface area (Å²) in [6.45, 7) is 3.37. The van der Waals surface area contributed by atoms with Gasteiger partial charge in [-0.2, -0.15) is 13.2 Å². The Hall–Kier alpha value is -1.56. The van der Waals surface area contributed by atoms with E-state index >= 15 is 0 Å². The molecule has 0 saturated carbocycles. The summed E-state index contributed by atoms with van der Waals surface area (Å²) in [5.41, 5.74) is 4.41. The number of aliphatic carboxylic acids is 1. The normalized spacial score (nSPS) is 16.1. The Kier molecular flexibility index (Phi) is 6.00. The van der Waals surface area contributed by atoms with E-state index in [0.717, 1.165) is 18.6 Å². The number of nitrogens with two attached hydrogens (primary N) is 1. The van der Waals surface area contributed by atoms with Crippen LogP contribution in [0.3, 0.4) is 0 Å². The molecule has 3 nitrogen and oxygen atoms in total. The lowest BCUT2D eigenvalue weighted by Crippen LogP contribution is -2.46. The Bertz CT molecular complexity index is 512. The highest BCUT2D eigenvalue weighted by molar-refractivity contribution is 5.77. The van der Waals surface area contributed by atoms with Crippen molar-refractivity contribution in [3.8, 4) is 0 Å². The fraction of sp³-hybridized carbons (Fsp3) is 0.562. The Balaban J connectivity index is 2.49. The van der Waals surface area contributed by atoms with Crippen LogP contribution < -0.4 is 5.73 Å². The molecule has 0 aliphatic carbocycles. The first-order valence-electron chi connectivity index (χ1n) is 7.21. The van der Waals surface area contributed by atoms with E-state index in [-0.39, 0.29) is 5.92 Å². The monoisotopic (exact) mass is 317 g/mol.